The van der Waals surface area contributed by atoms with Gasteiger partial charge in [-0.3, -0.25) is 0 Å². The Morgan fingerprint density at radius 2 is 2.16 bits per heavy atom. The van der Waals surface area contributed by atoms with Crippen LogP contribution >= 0.6 is 11.3 Å². The first kappa shape index (κ1) is 12.4. The van der Waals surface area contributed by atoms with Crippen LogP contribution in [-0.2, 0) is 19.5 Å². The summed E-state index contributed by atoms with van der Waals surface area (Å²) in [5.74, 6) is 0. The summed E-state index contributed by atoms with van der Waals surface area (Å²) in [5, 5.41) is 10.0. The molecule has 3 aromatic heterocycles. The number of aromatic nitrogens is 2. The Hall–Kier alpha value is -1.65. The summed E-state index contributed by atoms with van der Waals surface area (Å²) in [4.78, 5) is 1.44. The summed E-state index contributed by atoms with van der Waals surface area (Å²) >= 11 is 1.83. The van der Waals surface area contributed by atoms with Gasteiger partial charge in [-0.15, -0.1) is 11.3 Å². The number of hydrogen-bond acceptors (Lipinski definition) is 3. The zero-order valence-electron chi connectivity index (χ0n) is 11.0. The van der Waals surface area contributed by atoms with Crippen molar-refractivity contribution in [3.05, 3.63) is 58.0 Å². The topological polar surface area (TPSA) is 29.3 Å². The van der Waals surface area contributed by atoms with Crippen molar-refractivity contribution in [2.75, 3.05) is 0 Å². The van der Waals surface area contributed by atoms with Crippen LogP contribution in [-0.4, -0.2) is 9.61 Å². The molecule has 19 heavy (non-hydrogen) atoms. The number of fused-ring (bicyclic) bond motifs is 1. The number of nitrogens with zero attached hydrogens (tertiary/aromatic N) is 2. The Balaban J connectivity index is 1.67. The van der Waals surface area contributed by atoms with E-state index in [2.05, 4.69) is 40.9 Å². The number of nitrogens with one attached hydrogen (secondary N) is 1. The van der Waals surface area contributed by atoms with Gasteiger partial charge < -0.3 is 5.32 Å². The van der Waals surface area contributed by atoms with Gasteiger partial charge in [0.1, 0.15) is 0 Å². The quantitative estimate of drug-likeness (QED) is 0.772. The highest BCUT2D eigenvalue weighted by molar-refractivity contribution is 7.10. The molecular weight excluding hydrogens is 254 g/mol. The van der Waals surface area contributed by atoms with E-state index in [4.69, 9.17) is 0 Å². The predicted octanol–water partition coefficient (Wildman–Crippen LogP) is 3.25. The van der Waals surface area contributed by atoms with E-state index in [1.54, 1.807) is 0 Å². The number of rotatable bonds is 5. The van der Waals surface area contributed by atoms with E-state index < -0.39 is 0 Å². The Morgan fingerprint density at radius 1 is 1.21 bits per heavy atom. The highest BCUT2D eigenvalue weighted by Gasteiger charge is 2.04. The number of thiophene rings is 1. The normalized spacial score (nSPS) is 11.2. The smallest absolute Gasteiger partial charge is 0.0706 e. The Morgan fingerprint density at radius 3 is 3.05 bits per heavy atom. The first-order valence-electron chi connectivity index (χ1n) is 6.55. The molecule has 3 rings (SSSR count). The second kappa shape index (κ2) is 5.55. The first-order chi connectivity index (χ1) is 9.38. The van der Waals surface area contributed by atoms with Crippen molar-refractivity contribution in [1.29, 1.82) is 0 Å². The fraction of sp³-hybridized carbons (Fsp3) is 0.267. The third-order valence-electron chi connectivity index (χ3n) is 3.33. The summed E-state index contributed by atoms with van der Waals surface area (Å²) in [7, 11) is 0. The van der Waals surface area contributed by atoms with Crippen molar-refractivity contribution in [1.82, 2.24) is 14.9 Å². The molecule has 3 heterocycles. The van der Waals surface area contributed by atoms with E-state index in [1.165, 1.54) is 21.5 Å². The van der Waals surface area contributed by atoms with Crippen molar-refractivity contribution in [2.45, 2.75) is 26.4 Å². The minimum Gasteiger partial charge on any atom is -0.308 e. The Labute approximate surface area is 116 Å². The molecule has 0 amide bonds. The van der Waals surface area contributed by atoms with Crippen molar-refractivity contribution in [2.24, 2.45) is 0 Å². The van der Waals surface area contributed by atoms with Gasteiger partial charge in [-0.25, -0.2) is 4.52 Å². The molecule has 98 valence electrons. The molecule has 0 atom stereocenters. The van der Waals surface area contributed by atoms with Gasteiger partial charge in [0.25, 0.3) is 0 Å². The molecule has 0 spiro atoms. The number of pyridine rings is 1. The van der Waals surface area contributed by atoms with Gasteiger partial charge in [-0.2, -0.15) is 5.10 Å². The van der Waals surface area contributed by atoms with Crippen LogP contribution in [0.4, 0.5) is 0 Å². The highest BCUT2D eigenvalue weighted by atomic mass is 32.1. The zero-order chi connectivity index (χ0) is 13.1. The van der Waals surface area contributed by atoms with E-state index in [0.29, 0.717) is 0 Å². The highest BCUT2D eigenvalue weighted by Crippen LogP contribution is 2.17. The third-order valence-corrected chi connectivity index (χ3v) is 4.29. The lowest BCUT2D eigenvalue weighted by Crippen LogP contribution is -2.12. The van der Waals surface area contributed by atoms with Crippen LogP contribution in [0.15, 0.2) is 42.0 Å². The van der Waals surface area contributed by atoms with Gasteiger partial charge in [0.15, 0.2) is 0 Å². The second-order valence-corrected chi connectivity index (χ2v) is 5.53. The van der Waals surface area contributed by atoms with Crippen molar-refractivity contribution >= 4 is 16.9 Å². The lowest BCUT2D eigenvalue weighted by atomic mass is 10.2. The fourth-order valence-corrected chi connectivity index (χ4v) is 3.22. The molecule has 0 fully saturated rings. The Bertz CT molecular complexity index is 669. The molecule has 3 aromatic rings. The van der Waals surface area contributed by atoms with E-state index in [1.807, 2.05) is 34.3 Å². The van der Waals surface area contributed by atoms with Gasteiger partial charge in [0.2, 0.25) is 0 Å². The van der Waals surface area contributed by atoms with Crippen LogP contribution < -0.4 is 5.32 Å². The molecule has 0 saturated carbocycles. The second-order valence-electron chi connectivity index (χ2n) is 4.53. The van der Waals surface area contributed by atoms with Gasteiger partial charge in [0.05, 0.1) is 11.7 Å². The molecule has 3 nitrogen and oxygen atoms in total. The van der Waals surface area contributed by atoms with E-state index in [0.717, 1.165) is 19.5 Å². The third kappa shape index (κ3) is 2.55. The lowest BCUT2D eigenvalue weighted by molar-refractivity contribution is 0.700. The first-order valence-corrected chi connectivity index (χ1v) is 7.43. The van der Waals surface area contributed by atoms with Gasteiger partial charge in [0, 0.05) is 29.7 Å². The van der Waals surface area contributed by atoms with Crippen LogP contribution in [0.2, 0.25) is 0 Å². The summed E-state index contributed by atoms with van der Waals surface area (Å²) in [6, 6.07) is 8.37. The maximum atomic E-state index is 4.35. The number of hydrogen-bond donors (Lipinski definition) is 1. The SMILES string of the molecule is CCc1ccsc1CNCc1cnn2ccccc12. The van der Waals surface area contributed by atoms with Crippen molar-refractivity contribution < 1.29 is 0 Å². The van der Waals surface area contributed by atoms with E-state index in [9.17, 15) is 0 Å². The standard InChI is InChI=1S/C15H17N3S/c1-2-12-6-8-19-15(12)11-16-9-13-10-17-18-7-4-3-5-14(13)18/h3-8,10,16H,2,9,11H2,1H3. The van der Waals surface area contributed by atoms with Gasteiger partial charge >= 0.3 is 0 Å². The molecule has 0 aliphatic rings. The van der Waals surface area contributed by atoms with Crippen LogP contribution in [0.5, 0.6) is 0 Å². The van der Waals surface area contributed by atoms with E-state index >= 15 is 0 Å². The molecular formula is C15H17N3S. The summed E-state index contributed by atoms with van der Waals surface area (Å²) in [6.07, 6.45) is 5.03. The molecule has 0 aliphatic carbocycles. The minimum atomic E-state index is 0.856. The largest absolute Gasteiger partial charge is 0.308 e. The number of aryl methyl sites for hydroxylation is 1. The van der Waals surface area contributed by atoms with Crippen LogP contribution in [0.3, 0.4) is 0 Å². The summed E-state index contributed by atoms with van der Waals surface area (Å²) in [6.45, 7) is 4.00. The minimum absolute atomic E-state index is 0.856. The lowest BCUT2D eigenvalue weighted by Gasteiger charge is -2.04. The molecule has 0 radical (unpaired) electrons. The summed E-state index contributed by atoms with van der Waals surface area (Å²) < 4.78 is 1.92. The van der Waals surface area contributed by atoms with Crippen LogP contribution in [0.25, 0.3) is 5.52 Å². The van der Waals surface area contributed by atoms with Gasteiger partial charge in [-0.05, 0) is 35.6 Å². The molecule has 4 heteroatoms. The molecule has 1 N–H and O–H groups in total. The average molecular weight is 271 g/mol. The zero-order valence-corrected chi connectivity index (χ0v) is 11.8. The van der Waals surface area contributed by atoms with Crippen LogP contribution in [0, 0.1) is 0 Å². The van der Waals surface area contributed by atoms with E-state index in [-0.39, 0.29) is 0 Å². The maximum Gasteiger partial charge on any atom is 0.0706 e. The predicted molar refractivity (Wildman–Crippen MR) is 79.4 cm³/mol. The molecule has 0 aromatic carbocycles. The molecule has 0 bridgehead atoms. The van der Waals surface area contributed by atoms with Crippen LogP contribution in [0.1, 0.15) is 22.9 Å². The van der Waals surface area contributed by atoms with Crippen molar-refractivity contribution in [3.63, 3.8) is 0 Å². The monoisotopic (exact) mass is 271 g/mol. The molecule has 0 aliphatic heterocycles. The summed E-state index contributed by atoms with van der Waals surface area (Å²) in [5.41, 5.74) is 3.88. The molecule has 0 saturated heterocycles. The van der Waals surface area contributed by atoms with Crippen molar-refractivity contribution in [3.8, 4) is 0 Å². The average Bonchev–Trinajstić information content (AvgIpc) is 3.06. The van der Waals surface area contributed by atoms with Gasteiger partial charge in [-0.1, -0.05) is 13.0 Å². The Kier molecular flexibility index (Phi) is 3.62. The molecule has 0 unspecified atom stereocenters. The maximum absolute atomic E-state index is 4.35. The fourth-order valence-electron chi connectivity index (χ4n) is 2.27.